The second kappa shape index (κ2) is 4.22. The monoisotopic (exact) mass is 200 g/mol. The van der Waals surface area contributed by atoms with Gasteiger partial charge in [0, 0.05) is 0 Å². The van der Waals surface area contributed by atoms with Crippen molar-refractivity contribution in [1.82, 2.24) is 0 Å². The van der Waals surface area contributed by atoms with E-state index >= 15 is 0 Å². The molecule has 2 rings (SSSR count). The Morgan fingerprint density at radius 3 is 2.67 bits per heavy atom. The molecule has 0 spiro atoms. The minimum atomic E-state index is 0.534. The van der Waals surface area contributed by atoms with Gasteiger partial charge in [-0.25, -0.2) is 0 Å². The Hall–Kier alpha value is -1.04. The zero-order chi connectivity index (χ0) is 10.7. The summed E-state index contributed by atoms with van der Waals surface area (Å²) in [6.07, 6.45) is 7.72. The van der Waals surface area contributed by atoms with Crippen LogP contribution in [0.15, 0.2) is 35.9 Å². The van der Waals surface area contributed by atoms with Gasteiger partial charge in [-0.2, -0.15) is 0 Å². The lowest BCUT2D eigenvalue weighted by Crippen LogP contribution is -1.92. The molecule has 1 aromatic rings. The highest BCUT2D eigenvalue weighted by Gasteiger charge is 2.42. The van der Waals surface area contributed by atoms with E-state index in [0.717, 1.165) is 0 Å². The first kappa shape index (κ1) is 10.5. The van der Waals surface area contributed by atoms with E-state index in [1.165, 1.54) is 31.2 Å². The largest absolute Gasteiger partial charge is 0.0654 e. The van der Waals surface area contributed by atoms with Crippen LogP contribution in [0.25, 0.3) is 6.08 Å². The van der Waals surface area contributed by atoms with Gasteiger partial charge in [-0.3, -0.25) is 0 Å². The standard InChI is InChI=1S/C15H20/c1-3-4-10-15(2)12-14(15)11-13-8-6-5-7-9-13/h5-9,11H,3-4,10,12H2,1-2H3/b14-11+/t15-/m0/s1. The fourth-order valence-corrected chi connectivity index (χ4v) is 2.17. The van der Waals surface area contributed by atoms with Gasteiger partial charge >= 0.3 is 0 Å². The van der Waals surface area contributed by atoms with E-state index in [9.17, 15) is 0 Å². The quantitative estimate of drug-likeness (QED) is 0.662. The summed E-state index contributed by atoms with van der Waals surface area (Å²) in [6.45, 7) is 4.67. The highest BCUT2D eigenvalue weighted by molar-refractivity contribution is 5.59. The minimum absolute atomic E-state index is 0.534. The molecule has 1 aromatic carbocycles. The van der Waals surface area contributed by atoms with E-state index in [1.807, 2.05) is 0 Å². The first-order valence-corrected chi connectivity index (χ1v) is 6.01. The van der Waals surface area contributed by atoms with Crippen LogP contribution < -0.4 is 0 Å². The predicted molar refractivity (Wildman–Crippen MR) is 66.7 cm³/mol. The molecule has 0 saturated heterocycles. The predicted octanol–water partition coefficient (Wildman–Crippen LogP) is 4.67. The molecule has 1 fully saturated rings. The lowest BCUT2D eigenvalue weighted by atomic mass is 10.00. The van der Waals surface area contributed by atoms with Gasteiger partial charge in [0.2, 0.25) is 0 Å². The minimum Gasteiger partial charge on any atom is -0.0654 e. The summed E-state index contributed by atoms with van der Waals surface area (Å²) in [7, 11) is 0. The Morgan fingerprint density at radius 1 is 1.27 bits per heavy atom. The first-order chi connectivity index (χ1) is 7.24. The molecular formula is C15H20. The Kier molecular flexibility index (Phi) is 2.95. The summed E-state index contributed by atoms with van der Waals surface area (Å²) in [5, 5.41) is 0. The Balaban J connectivity index is 2.01. The van der Waals surface area contributed by atoms with Crippen LogP contribution in [0.3, 0.4) is 0 Å². The molecular weight excluding hydrogens is 180 g/mol. The Bertz CT molecular complexity index is 348. The molecule has 15 heavy (non-hydrogen) atoms. The summed E-state index contributed by atoms with van der Waals surface area (Å²) < 4.78 is 0. The van der Waals surface area contributed by atoms with Crippen LogP contribution in [-0.2, 0) is 0 Å². The molecule has 0 aliphatic heterocycles. The first-order valence-electron chi connectivity index (χ1n) is 6.01. The third kappa shape index (κ3) is 2.50. The average Bonchev–Trinajstić information content (AvgIpc) is 2.88. The third-order valence-corrected chi connectivity index (χ3v) is 3.45. The Morgan fingerprint density at radius 2 is 2.00 bits per heavy atom. The lowest BCUT2D eigenvalue weighted by molar-refractivity contribution is 0.513. The molecule has 0 heterocycles. The van der Waals surface area contributed by atoms with Crippen molar-refractivity contribution in [1.29, 1.82) is 0 Å². The highest BCUT2D eigenvalue weighted by Crippen LogP contribution is 2.55. The number of rotatable bonds is 4. The van der Waals surface area contributed by atoms with Crippen molar-refractivity contribution < 1.29 is 0 Å². The smallest absolute Gasteiger partial charge is 0.00753 e. The summed E-state index contributed by atoms with van der Waals surface area (Å²) in [6, 6.07) is 10.7. The van der Waals surface area contributed by atoms with Crippen molar-refractivity contribution in [2.24, 2.45) is 5.41 Å². The van der Waals surface area contributed by atoms with Crippen LogP contribution in [0, 0.1) is 5.41 Å². The van der Waals surface area contributed by atoms with Gasteiger partial charge in [-0.05, 0) is 23.8 Å². The van der Waals surface area contributed by atoms with Crippen LogP contribution in [-0.4, -0.2) is 0 Å². The third-order valence-electron chi connectivity index (χ3n) is 3.45. The average molecular weight is 200 g/mol. The van der Waals surface area contributed by atoms with Crippen molar-refractivity contribution in [2.45, 2.75) is 39.5 Å². The molecule has 0 radical (unpaired) electrons. The zero-order valence-corrected chi connectivity index (χ0v) is 9.79. The van der Waals surface area contributed by atoms with E-state index in [4.69, 9.17) is 0 Å². The highest BCUT2D eigenvalue weighted by atomic mass is 14.5. The molecule has 0 bridgehead atoms. The normalized spacial score (nSPS) is 26.9. The number of benzene rings is 1. The SMILES string of the molecule is CCCC[C@@]1(C)C/C1=C\c1ccccc1. The molecule has 0 heteroatoms. The topological polar surface area (TPSA) is 0 Å². The molecule has 0 N–H and O–H groups in total. The van der Waals surface area contributed by atoms with Crippen LogP contribution in [0.1, 0.15) is 45.1 Å². The van der Waals surface area contributed by atoms with Crippen LogP contribution >= 0.6 is 0 Å². The van der Waals surface area contributed by atoms with Gasteiger partial charge in [0.05, 0.1) is 0 Å². The van der Waals surface area contributed by atoms with Crippen molar-refractivity contribution in [3.05, 3.63) is 41.5 Å². The maximum Gasteiger partial charge on any atom is -0.00753 e. The van der Waals surface area contributed by atoms with Crippen LogP contribution in [0.5, 0.6) is 0 Å². The molecule has 1 aliphatic rings. The molecule has 1 atom stereocenters. The van der Waals surface area contributed by atoms with E-state index < -0.39 is 0 Å². The summed E-state index contributed by atoms with van der Waals surface area (Å²) >= 11 is 0. The number of allylic oxidation sites excluding steroid dienone is 1. The lowest BCUT2D eigenvalue weighted by Gasteiger charge is -2.05. The summed E-state index contributed by atoms with van der Waals surface area (Å²) in [5.41, 5.74) is 3.53. The molecule has 0 nitrogen and oxygen atoms in total. The molecule has 1 aliphatic carbocycles. The van der Waals surface area contributed by atoms with E-state index in [1.54, 1.807) is 5.57 Å². The molecule has 80 valence electrons. The number of hydrogen-bond donors (Lipinski definition) is 0. The van der Waals surface area contributed by atoms with Crippen molar-refractivity contribution in [3.8, 4) is 0 Å². The molecule has 1 saturated carbocycles. The maximum absolute atomic E-state index is 2.40. The molecule has 0 unspecified atom stereocenters. The van der Waals surface area contributed by atoms with Crippen LogP contribution in [0.2, 0.25) is 0 Å². The van der Waals surface area contributed by atoms with Crippen molar-refractivity contribution in [3.63, 3.8) is 0 Å². The van der Waals surface area contributed by atoms with Gasteiger partial charge in [0.25, 0.3) is 0 Å². The fourth-order valence-electron chi connectivity index (χ4n) is 2.17. The van der Waals surface area contributed by atoms with Gasteiger partial charge in [-0.1, -0.05) is 68.7 Å². The summed E-state index contributed by atoms with van der Waals surface area (Å²) in [5.74, 6) is 0. The van der Waals surface area contributed by atoms with Crippen LogP contribution in [0.4, 0.5) is 0 Å². The van der Waals surface area contributed by atoms with Gasteiger partial charge in [0.15, 0.2) is 0 Å². The maximum atomic E-state index is 2.40. The van der Waals surface area contributed by atoms with Gasteiger partial charge in [0.1, 0.15) is 0 Å². The zero-order valence-electron chi connectivity index (χ0n) is 9.79. The number of hydrogen-bond acceptors (Lipinski definition) is 0. The van der Waals surface area contributed by atoms with Crippen molar-refractivity contribution in [2.75, 3.05) is 0 Å². The van der Waals surface area contributed by atoms with Gasteiger partial charge in [-0.15, -0.1) is 0 Å². The van der Waals surface area contributed by atoms with Gasteiger partial charge < -0.3 is 0 Å². The molecule has 0 amide bonds. The Labute approximate surface area is 93.0 Å². The number of unbranched alkanes of at least 4 members (excludes halogenated alkanes) is 1. The molecule has 0 aromatic heterocycles. The second-order valence-electron chi connectivity index (χ2n) is 4.92. The van der Waals surface area contributed by atoms with E-state index in [2.05, 4.69) is 50.3 Å². The van der Waals surface area contributed by atoms with Crippen molar-refractivity contribution >= 4 is 6.08 Å². The van der Waals surface area contributed by atoms with E-state index in [0.29, 0.717) is 5.41 Å². The summed E-state index contributed by atoms with van der Waals surface area (Å²) in [4.78, 5) is 0. The van der Waals surface area contributed by atoms with E-state index in [-0.39, 0.29) is 0 Å². The fraction of sp³-hybridized carbons (Fsp3) is 0.467. The second-order valence-corrected chi connectivity index (χ2v) is 4.92.